The Morgan fingerprint density at radius 3 is 2.29 bits per heavy atom. The Morgan fingerprint density at radius 1 is 0.912 bits per heavy atom. The predicted octanol–water partition coefficient (Wildman–Crippen LogP) is 4.50. The van der Waals surface area contributed by atoms with E-state index in [1.54, 1.807) is 12.1 Å². The van der Waals surface area contributed by atoms with Crippen molar-refractivity contribution in [2.45, 2.75) is 61.4 Å². The van der Waals surface area contributed by atoms with Crippen molar-refractivity contribution in [1.29, 1.82) is 0 Å². The van der Waals surface area contributed by atoms with Crippen LogP contribution in [0.4, 0.5) is 0 Å². The van der Waals surface area contributed by atoms with Gasteiger partial charge < -0.3 is 4.90 Å². The molecule has 2 saturated heterocycles. The lowest BCUT2D eigenvalue weighted by molar-refractivity contribution is 0.0720. The zero-order valence-corrected chi connectivity index (χ0v) is 21.6. The van der Waals surface area contributed by atoms with Gasteiger partial charge in [-0.25, -0.2) is 13.1 Å². The molecule has 0 atom stereocenters. The van der Waals surface area contributed by atoms with Gasteiger partial charge in [-0.2, -0.15) is 0 Å². The molecule has 2 aromatic carbocycles. The molecular formula is C26H35N3O3S2. The molecule has 0 bridgehead atoms. The van der Waals surface area contributed by atoms with E-state index in [-0.39, 0.29) is 17.3 Å². The second kappa shape index (κ2) is 11.7. The largest absolute Gasteiger partial charge is 0.339 e. The summed E-state index contributed by atoms with van der Waals surface area (Å²) in [5, 5.41) is 0. The molecule has 1 amide bonds. The van der Waals surface area contributed by atoms with Gasteiger partial charge in [0.1, 0.15) is 0 Å². The number of amides is 1. The molecule has 0 unspecified atom stereocenters. The van der Waals surface area contributed by atoms with Crippen molar-refractivity contribution in [3.63, 3.8) is 0 Å². The van der Waals surface area contributed by atoms with E-state index in [0.717, 1.165) is 62.4 Å². The van der Waals surface area contributed by atoms with Gasteiger partial charge in [-0.15, -0.1) is 11.8 Å². The molecule has 184 valence electrons. The first-order valence-corrected chi connectivity index (χ1v) is 14.9. The lowest BCUT2D eigenvalue weighted by Crippen LogP contribution is -2.36. The third-order valence-electron chi connectivity index (χ3n) is 6.67. The molecule has 2 aliphatic heterocycles. The van der Waals surface area contributed by atoms with E-state index < -0.39 is 10.0 Å². The van der Waals surface area contributed by atoms with Gasteiger partial charge in [0.2, 0.25) is 10.0 Å². The van der Waals surface area contributed by atoms with E-state index in [1.807, 2.05) is 23.3 Å². The van der Waals surface area contributed by atoms with Crippen LogP contribution in [0.1, 0.15) is 60.0 Å². The van der Waals surface area contributed by atoms with Crippen LogP contribution in [-0.2, 0) is 23.1 Å². The molecule has 0 radical (unpaired) electrons. The number of sulfonamides is 1. The quantitative estimate of drug-likeness (QED) is 0.540. The average Bonchev–Trinajstić information content (AvgIpc) is 2.88. The van der Waals surface area contributed by atoms with Gasteiger partial charge in [0.25, 0.3) is 5.91 Å². The van der Waals surface area contributed by atoms with Crippen molar-refractivity contribution in [2.24, 2.45) is 0 Å². The molecule has 0 spiro atoms. The Bertz CT molecular complexity index is 1090. The SMILES string of the molecule is CSc1ccc(S(=O)(=O)NCc2cccc(CN3CCCCC3)c2)cc1C(=O)N1CCCCC1. The highest BCUT2D eigenvalue weighted by molar-refractivity contribution is 7.98. The third kappa shape index (κ3) is 6.42. The first-order chi connectivity index (χ1) is 16.5. The van der Waals surface area contributed by atoms with Gasteiger partial charge >= 0.3 is 0 Å². The van der Waals surface area contributed by atoms with Crippen LogP contribution in [0.15, 0.2) is 52.3 Å². The molecule has 2 fully saturated rings. The van der Waals surface area contributed by atoms with Crippen LogP contribution < -0.4 is 4.72 Å². The minimum absolute atomic E-state index is 0.0773. The summed E-state index contributed by atoms with van der Waals surface area (Å²) < 4.78 is 28.9. The lowest BCUT2D eigenvalue weighted by atomic mass is 10.1. The highest BCUT2D eigenvalue weighted by Gasteiger charge is 2.24. The second-order valence-corrected chi connectivity index (χ2v) is 11.8. The number of hydrogen-bond donors (Lipinski definition) is 1. The number of carbonyl (C=O) groups excluding carboxylic acids is 1. The van der Waals surface area contributed by atoms with Crippen LogP contribution >= 0.6 is 11.8 Å². The number of benzene rings is 2. The number of nitrogens with zero attached hydrogens (tertiary/aromatic N) is 2. The Balaban J connectivity index is 1.46. The van der Waals surface area contributed by atoms with Crippen molar-refractivity contribution in [3.05, 3.63) is 59.2 Å². The molecule has 1 N–H and O–H groups in total. The maximum absolute atomic E-state index is 13.1. The fraction of sp³-hybridized carbons (Fsp3) is 0.500. The van der Waals surface area contributed by atoms with Crippen LogP contribution in [-0.4, -0.2) is 56.6 Å². The Kier molecular flexibility index (Phi) is 8.69. The Hall–Kier alpha value is -1.87. The Morgan fingerprint density at radius 2 is 1.59 bits per heavy atom. The minimum atomic E-state index is -3.75. The highest BCUT2D eigenvalue weighted by atomic mass is 32.2. The summed E-state index contributed by atoms with van der Waals surface area (Å²) in [4.78, 5) is 18.4. The van der Waals surface area contributed by atoms with Gasteiger partial charge in [-0.3, -0.25) is 9.69 Å². The summed E-state index contributed by atoms with van der Waals surface area (Å²) in [6.07, 6.45) is 8.84. The molecule has 2 heterocycles. The van der Waals surface area contributed by atoms with Gasteiger partial charge in [-0.05, 0) is 80.8 Å². The molecule has 6 nitrogen and oxygen atoms in total. The van der Waals surface area contributed by atoms with Crippen LogP contribution in [0.3, 0.4) is 0 Å². The molecule has 0 aliphatic carbocycles. The number of piperidine rings is 2. The maximum Gasteiger partial charge on any atom is 0.255 e. The molecule has 2 aliphatic rings. The lowest BCUT2D eigenvalue weighted by Gasteiger charge is -2.27. The van der Waals surface area contributed by atoms with E-state index >= 15 is 0 Å². The number of thioether (sulfide) groups is 1. The zero-order chi connectivity index (χ0) is 24.0. The Labute approximate surface area is 208 Å². The predicted molar refractivity (Wildman–Crippen MR) is 138 cm³/mol. The van der Waals surface area contributed by atoms with Crippen molar-refractivity contribution in [1.82, 2.24) is 14.5 Å². The minimum Gasteiger partial charge on any atom is -0.339 e. The van der Waals surface area contributed by atoms with Crippen LogP contribution in [0.2, 0.25) is 0 Å². The number of likely N-dealkylation sites (tertiary alicyclic amines) is 2. The van der Waals surface area contributed by atoms with Crippen molar-refractivity contribution in [3.8, 4) is 0 Å². The topological polar surface area (TPSA) is 69.7 Å². The molecule has 2 aromatic rings. The number of hydrogen-bond acceptors (Lipinski definition) is 5. The molecule has 4 rings (SSSR count). The van der Waals surface area contributed by atoms with Gasteiger partial charge in [0.05, 0.1) is 10.5 Å². The smallest absolute Gasteiger partial charge is 0.255 e. The highest BCUT2D eigenvalue weighted by Crippen LogP contribution is 2.26. The van der Waals surface area contributed by atoms with Gasteiger partial charge in [0.15, 0.2) is 0 Å². The molecule has 34 heavy (non-hydrogen) atoms. The molecular weight excluding hydrogens is 466 g/mol. The van der Waals surface area contributed by atoms with E-state index in [9.17, 15) is 13.2 Å². The summed E-state index contributed by atoms with van der Waals surface area (Å²) in [6.45, 7) is 4.84. The van der Waals surface area contributed by atoms with Crippen LogP contribution in [0, 0.1) is 0 Å². The van der Waals surface area contributed by atoms with Crippen molar-refractivity contribution >= 4 is 27.7 Å². The van der Waals surface area contributed by atoms with Gasteiger partial charge in [0, 0.05) is 31.1 Å². The number of carbonyl (C=O) groups is 1. The van der Waals surface area contributed by atoms with E-state index in [2.05, 4.69) is 21.8 Å². The first-order valence-electron chi connectivity index (χ1n) is 12.2. The van der Waals surface area contributed by atoms with E-state index in [0.29, 0.717) is 5.56 Å². The zero-order valence-electron chi connectivity index (χ0n) is 20.0. The van der Waals surface area contributed by atoms with Crippen molar-refractivity contribution in [2.75, 3.05) is 32.4 Å². The molecule has 0 saturated carbocycles. The maximum atomic E-state index is 13.1. The molecule has 8 heteroatoms. The molecule has 0 aromatic heterocycles. The number of rotatable bonds is 8. The second-order valence-electron chi connectivity index (χ2n) is 9.20. The van der Waals surface area contributed by atoms with Crippen LogP contribution in [0.25, 0.3) is 0 Å². The van der Waals surface area contributed by atoms with E-state index in [4.69, 9.17) is 0 Å². The summed E-state index contributed by atoms with van der Waals surface area (Å²) in [7, 11) is -3.75. The fourth-order valence-corrected chi connectivity index (χ4v) is 6.38. The van der Waals surface area contributed by atoms with Gasteiger partial charge in [-0.1, -0.05) is 30.7 Å². The monoisotopic (exact) mass is 501 g/mol. The summed E-state index contributed by atoms with van der Waals surface area (Å²) >= 11 is 1.47. The normalized spacial score (nSPS) is 17.6. The third-order valence-corrected chi connectivity index (χ3v) is 8.86. The fourth-order valence-electron chi connectivity index (χ4n) is 4.76. The standard InChI is InChI=1S/C26H35N3O3S2/c1-33-25-12-11-23(18-24(25)26(30)29-15-6-3-7-16-29)34(31,32)27-19-21-9-8-10-22(17-21)20-28-13-4-2-5-14-28/h8-12,17-18,27H,2-7,13-16,19-20H2,1H3. The summed E-state index contributed by atoms with van der Waals surface area (Å²) in [5.41, 5.74) is 2.61. The first kappa shape index (κ1) is 25.2. The van der Waals surface area contributed by atoms with E-state index in [1.165, 1.54) is 42.7 Å². The average molecular weight is 502 g/mol. The number of nitrogens with one attached hydrogen (secondary N) is 1. The van der Waals surface area contributed by atoms with Crippen molar-refractivity contribution < 1.29 is 13.2 Å². The summed E-state index contributed by atoms with van der Waals surface area (Å²) in [6, 6.07) is 13.0. The van der Waals surface area contributed by atoms with Crippen LogP contribution in [0.5, 0.6) is 0 Å². The summed E-state index contributed by atoms with van der Waals surface area (Å²) in [5.74, 6) is -0.0773.